The number of amides is 1. The van der Waals surface area contributed by atoms with E-state index < -0.39 is 10.0 Å². The Bertz CT molecular complexity index is 1080. The lowest BCUT2D eigenvalue weighted by Gasteiger charge is -2.41. The second-order valence-corrected chi connectivity index (χ2v) is 11.8. The maximum atomic E-state index is 12.5. The first kappa shape index (κ1) is 25.7. The summed E-state index contributed by atoms with van der Waals surface area (Å²) in [5.74, 6) is 1.27. The molecule has 0 bridgehead atoms. The minimum absolute atomic E-state index is 0.0130. The first-order chi connectivity index (χ1) is 16.8. The summed E-state index contributed by atoms with van der Waals surface area (Å²) in [6, 6.07) is 4.30. The van der Waals surface area contributed by atoms with Gasteiger partial charge >= 0.3 is 0 Å². The fraction of sp³-hybridized carbons (Fsp3) is 0.708. The third-order valence-electron chi connectivity index (χ3n) is 7.20. The number of carbonyl (C=O) groups excluding carboxylic acids is 1. The number of piperazine rings is 2. The van der Waals surface area contributed by atoms with Crippen LogP contribution < -0.4 is 9.80 Å². The van der Waals surface area contributed by atoms with E-state index in [4.69, 9.17) is 9.72 Å². The Hall–Kier alpha value is -2.42. The van der Waals surface area contributed by atoms with Gasteiger partial charge < -0.3 is 19.4 Å². The summed E-state index contributed by atoms with van der Waals surface area (Å²) in [5.41, 5.74) is 2.50. The molecule has 4 rings (SSSR count). The van der Waals surface area contributed by atoms with Crippen LogP contribution in [-0.4, -0.2) is 99.8 Å². The third kappa shape index (κ3) is 5.55. The van der Waals surface area contributed by atoms with Crippen LogP contribution in [0.2, 0.25) is 0 Å². The Morgan fingerprint density at radius 2 is 1.86 bits per heavy atom. The number of sulfonamides is 1. The minimum atomic E-state index is -3.20. The van der Waals surface area contributed by atoms with E-state index in [2.05, 4.69) is 15.9 Å². The number of pyridine rings is 1. The van der Waals surface area contributed by atoms with E-state index >= 15 is 0 Å². The van der Waals surface area contributed by atoms with E-state index in [1.165, 1.54) is 0 Å². The predicted molar refractivity (Wildman–Crippen MR) is 134 cm³/mol. The molecule has 0 spiro atoms. The Balaban J connectivity index is 1.54. The fourth-order valence-electron chi connectivity index (χ4n) is 4.98. The molecular formula is C24H36N6O4S. The summed E-state index contributed by atoms with van der Waals surface area (Å²) >= 11 is 0. The summed E-state index contributed by atoms with van der Waals surface area (Å²) < 4.78 is 31.1. The highest BCUT2D eigenvalue weighted by Gasteiger charge is 2.35. The van der Waals surface area contributed by atoms with Crippen molar-refractivity contribution in [2.75, 3.05) is 75.1 Å². The molecule has 1 saturated carbocycles. The molecule has 1 atom stereocenters. The van der Waals surface area contributed by atoms with Crippen molar-refractivity contribution >= 4 is 27.4 Å². The van der Waals surface area contributed by atoms with Crippen LogP contribution in [0.5, 0.6) is 0 Å². The molecule has 0 unspecified atom stereocenters. The van der Waals surface area contributed by atoms with Gasteiger partial charge in [0, 0.05) is 64.9 Å². The number of aromatic nitrogens is 1. The highest BCUT2D eigenvalue weighted by molar-refractivity contribution is 7.89. The molecule has 10 nitrogen and oxygen atoms in total. The van der Waals surface area contributed by atoms with Crippen molar-refractivity contribution in [3.05, 3.63) is 17.3 Å². The lowest BCUT2D eigenvalue weighted by Crippen LogP contribution is -2.54. The van der Waals surface area contributed by atoms with Gasteiger partial charge in [0.15, 0.2) is 0 Å². The van der Waals surface area contributed by atoms with Crippen LogP contribution in [0.4, 0.5) is 11.5 Å². The topological polar surface area (TPSA) is 110 Å². The number of anilines is 2. The van der Waals surface area contributed by atoms with Gasteiger partial charge in [-0.1, -0.05) is 0 Å². The molecule has 11 heteroatoms. The summed E-state index contributed by atoms with van der Waals surface area (Å²) in [4.78, 5) is 23.8. The van der Waals surface area contributed by atoms with Gasteiger partial charge in [-0.15, -0.1) is 0 Å². The molecule has 1 aromatic rings. The third-order valence-corrected chi connectivity index (χ3v) is 9.08. The van der Waals surface area contributed by atoms with Gasteiger partial charge in [0.25, 0.3) is 0 Å². The number of carbonyl (C=O) groups is 1. The monoisotopic (exact) mass is 504 g/mol. The molecule has 192 valence electrons. The van der Waals surface area contributed by atoms with E-state index in [9.17, 15) is 18.5 Å². The number of ether oxygens (including phenoxy) is 1. The Labute approximate surface area is 208 Å². The van der Waals surface area contributed by atoms with Gasteiger partial charge in [-0.05, 0) is 32.8 Å². The smallest absolute Gasteiger partial charge is 0.225 e. The lowest BCUT2D eigenvalue weighted by atomic mass is 10.1. The zero-order valence-electron chi connectivity index (χ0n) is 20.9. The first-order valence-electron chi connectivity index (χ1n) is 12.5. The van der Waals surface area contributed by atoms with Crippen LogP contribution in [0.15, 0.2) is 6.07 Å². The molecule has 2 saturated heterocycles. The van der Waals surface area contributed by atoms with E-state index in [-0.39, 0.29) is 17.7 Å². The maximum Gasteiger partial charge on any atom is 0.225 e. The molecule has 1 aliphatic carbocycles. The van der Waals surface area contributed by atoms with Crippen molar-refractivity contribution in [2.45, 2.75) is 45.1 Å². The largest absolute Gasteiger partial charge is 0.384 e. The molecule has 0 N–H and O–H groups in total. The van der Waals surface area contributed by atoms with E-state index in [1.807, 2.05) is 17.9 Å². The Kier molecular flexibility index (Phi) is 7.83. The molecule has 2 aliphatic heterocycles. The van der Waals surface area contributed by atoms with Crippen molar-refractivity contribution in [1.82, 2.24) is 14.2 Å². The standard InChI is InChI=1S/C24H36N6O4S/c1-4-35(32,33)29-11-8-27(9-12-29)21-15-20(16-25)24(26-23(21)19-5-6-19)28-10-13-30(18(2)17-28)22(31)7-14-34-3/h15,18-19H,4-14,17H2,1-3H3/t18-/m1/s1. The van der Waals surface area contributed by atoms with E-state index in [0.717, 1.165) is 24.2 Å². The summed E-state index contributed by atoms with van der Waals surface area (Å²) in [6.07, 6.45) is 2.53. The average Bonchev–Trinajstić information content (AvgIpc) is 3.72. The van der Waals surface area contributed by atoms with Crippen LogP contribution in [0.3, 0.4) is 0 Å². The minimum Gasteiger partial charge on any atom is -0.384 e. The number of hydrogen-bond donors (Lipinski definition) is 0. The van der Waals surface area contributed by atoms with Crippen molar-refractivity contribution in [2.24, 2.45) is 0 Å². The molecular weight excluding hydrogens is 468 g/mol. The van der Waals surface area contributed by atoms with Crippen LogP contribution in [0.25, 0.3) is 0 Å². The van der Waals surface area contributed by atoms with Gasteiger partial charge in [-0.2, -0.15) is 9.57 Å². The van der Waals surface area contributed by atoms with Gasteiger partial charge in [-0.25, -0.2) is 13.4 Å². The number of rotatable bonds is 8. The van der Waals surface area contributed by atoms with Gasteiger partial charge in [0.1, 0.15) is 11.9 Å². The van der Waals surface area contributed by atoms with Crippen LogP contribution in [0.1, 0.15) is 50.3 Å². The van der Waals surface area contributed by atoms with Crippen LogP contribution in [0, 0.1) is 11.3 Å². The van der Waals surface area contributed by atoms with Crippen molar-refractivity contribution in [3.8, 4) is 6.07 Å². The van der Waals surface area contributed by atoms with E-state index in [0.29, 0.717) is 76.1 Å². The van der Waals surface area contributed by atoms with Crippen molar-refractivity contribution in [1.29, 1.82) is 5.26 Å². The van der Waals surface area contributed by atoms with Crippen molar-refractivity contribution < 1.29 is 17.9 Å². The molecule has 1 amide bonds. The summed E-state index contributed by atoms with van der Waals surface area (Å²) in [7, 11) is -1.60. The summed E-state index contributed by atoms with van der Waals surface area (Å²) in [5, 5.41) is 10.00. The van der Waals surface area contributed by atoms with E-state index in [1.54, 1.807) is 18.3 Å². The fourth-order valence-corrected chi connectivity index (χ4v) is 6.07. The number of nitriles is 1. The maximum absolute atomic E-state index is 12.5. The van der Waals surface area contributed by atoms with Gasteiger partial charge in [0.2, 0.25) is 15.9 Å². The molecule has 0 radical (unpaired) electrons. The van der Waals surface area contributed by atoms with Crippen LogP contribution in [-0.2, 0) is 19.6 Å². The summed E-state index contributed by atoms with van der Waals surface area (Å²) in [6.45, 7) is 8.02. The Morgan fingerprint density at radius 1 is 1.17 bits per heavy atom. The Morgan fingerprint density at radius 3 is 2.43 bits per heavy atom. The number of methoxy groups -OCH3 is 1. The second kappa shape index (κ2) is 10.7. The first-order valence-corrected chi connectivity index (χ1v) is 14.1. The van der Waals surface area contributed by atoms with Gasteiger partial charge in [0.05, 0.1) is 35.7 Å². The zero-order chi connectivity index (χ0) is 25.2. The number of hydrogen-bond acceptors (Lipinski definition) is 8. The molecule has 3 aliphatic rings. The lowest BCUT2D eigenvalue weighted by molar-refractivity contribution is -0.134. The highest BCUT2D eigenvalue weighted by atomic mass is 32.2. The van der Waals surface area contributed by atoms with Crippen LogP contribution >= 0.6 is 0 Å². The normalized spacial score (nSPS) is 21.8. The molecule has 1 aromatic heterocycles. The number of nitrogens with zero attached hydrogens (tertiary/aromatic N) is 6. The molecule has 0 aromatic carbocycles. The zero-order valence-corrected chi connectivity index (χ0v) is 21.8. The molecule has 3 heterocycles. The molecule has 3 fully saturated rings. The quantitative estimate of drug-likeness (QED) is 0.522. The predicted octanol–water partition coefficient (Wildman–Crippen LogP) is 1.38. The molecule has 35 heavy (non-hydrogen) atoms. The highest BCUT2D eigenvalue weighted by Crippen LogP contribution is 2.45. The van der Waals surface area contributed by atoms with Crippen molar-refractivity contribution in [3.63, 3.8) is 0 Å². The second-order valence-electron chi connectivity index (χ2n) is 9.56. The average molecular weight is 505 g/mol. The SMILES string of the molecule is CCS(=O)(=O)N1CCN(c2cc(C#N)c(N3CCN(C(=O)CCOC)[C@H](C)C3)nc2C2CC2)CC1. The van der Waals surface area contributed by atoms with Gasteiger partial charge in [-0.3, -0.25) is 4.79 Å².